The topological polar surface area (TPSA) is 65.2 Å². The summed E-state index contributed by atoms with van der Waals surface area (Å²) in [7, 11) is 0. The van der Waals surface area contributed by atoms with Gasteiger partial charge in [0.15, 0.2) is 0 Å². The number of carbonyl (C=O) groups excluding carboxylic acids is 1. The second-order valence-corrected chi connectivity index (χ2v) is 5.00. The quantitative estimate of drug-likeness (QED) is 0.521. The number of nitrogens with one attached hydrogen (secondary N) is 1. The lowest BCUT2D eigenvalue weighted by atomic mass is 10.2. The Balaban J connectivity index is 2.02. The van der Waals surface area contributed by atoms with Gasteiger partial charge in [0.05, 0.1) is 0 Å². The van der Waals surface area contributed by atoms with Crippen LogP contribution in [0, 0.1) is 10.7 Å². The average Bonchev–Trinajstić information content (AvgIpc) is 2.59. The highest BCUT2D eigenvalue weighted by Gasteiger charge is 2.02. The van der Waals surface area contributed by atoms with Gasteiger partial charge in [-0.05, 0) is 35.5 Å². The monoisotopic (exact) mass is 307 g/mol. The van der Waals surface area contributed by atoms with Crippen LogP contribution in [-0.2, 0) is 0 Å². The zero-order chi connectivity index (χ0) is 15.6. The molecule has 0 unspecified atom stereocenters. The minimum atomic E-state index is -0.278. The van der Waals surface area contributed by atoms with Gasteiger partial charge in [0.1, 0.15) is 5.40 Å². The number of carbonyl (C=O) groups is 1. The van der Waals surface area contributed by atoms with Crippen LogP contribution in [0.15, 0.2) is 71.8 Å². The number of thiocyanates is 1. The minimum Gasteiger partial charge on any atom is -0.267 e. The summed E-state index contributed by atoms with van der Waals surface area (Å²) in [6.07, 6.45) is 3.15. The molecule has 0 atom stereocenters. The van der Waals surface area contributed by atoms with E-state index >= 15 is 0 Å². The fraction of sp³-hybridized carbons (Fsp3) is 0. The molecule has 0 spiro atoms. The maximum Gasteiger partial charge on any atom is 0.271 e. The van der Waals surface area contributed by atoms with Gasteiger partial charge in [-0.1, -0.05) is 48.5 Å². The van der Waals surface area contributed by atoms with E-state index < -0.39 is 0 Å². The summed E-state index contributed by atoms with van der Waals surface area (Å²) in [6.45, 7) is 0. The number of hydrogen-bond donors (Lipinski definition) is 1. The van der Waals surface area contributed by atoms with Crippen molar-refractivity contribution < 1.29 is 4.79 Å². The molecule has 0 fully saturated rings. The molecule has 0 aromatic heterocycles. The number of hydrazone groups is 1. The van der Waals surface area contributed by atoms with E-state index in [-0.39, 0.29) is 5.91 Å². The van der Waals surface area contributed by atoms with E-state index in [0.29, 0.717) is 5.56 Å². The molecule has 2 rings (SSSR count). The van der Waals surface area contributed by atoms with E-state index in [4.69, 9.17) is 5.26 Å². The summed E-state index contributed by atoms with van der Waals surface area (Å²) in [4.78, 5) is 12.5. The van der Waals surface area contributed by atoms with Crippen molar-refractivity contribution in [1.82, 2.24) is 5.43 Å². The third-order valence-electron chi connectivity index (χ3n) is 2.72. The molecule has 1 N–H and O–H groups in total. The second-order valence-electron chi connectivity index (χ2n) is 4.18. The van der Waals surface area contributed by atoms with E-state index in [2.05, 4.69) is 10.5 Å². The number of nitriles is 1. The van der Waals surface area contributed by atoms with Crippen molar-refractivity contribution in [3.8, 4) is 5.40 Å². The van der Waals surface area contributed by atoms with Crippen molar-refractivity contribution in [2.75, 3.05) is 0 Å². The van der Waals surface area contributed by atoms with E-state index in [0.717, 1.165) is 22.2 Å². The smallest absolute Gasteiger partial charge is 0.267 e. The van der Waals surface area contributed by atoms with Crippen molar-refractivity contribution in [3.63, 3.8) is 0 Å². The first-order valence-electron chi connectivity index (χ1n) is 6.51. The first kappa shape index (κ1) is 15.5. The fourth-order valence-corrected chi connectivity index (χ4v) is 2.18. The zero-order valence-corrected chi connectivity index (χ0v) is 12.5. The lowest BCUT2D eigenvalue weighted by Gasteiger charge is -2.00. The first-order valence-corrected chi connectivity index (χ1v) is 7.33. The molecular formula is C17H13N3OS. The minimum absolute atomic E-state index is 0.278. The predicted octanol–water partition coefficient (Wildman–Crippen LogP) is 3.66. The molecule has 0 aliphatic rings. The first-order chi connectivity index (χ1) is 10.8. The lowest BCUT2D eigenvalue weighted by Crippen LogP contribution is -2.16. The second kappa shape index (κ2) is 8.45. The highest BCUT2D eigenvalue weighted by molar-refractivity contribution is 8.12. The molecule has 0 bridgehead atoms. The summed E-state index contributed by atoms with van der Waals surface area (Å²) in [5, 5.41) is 14.8. The largest absolute Gasteiger partial charge is 0.271 e. The molecular weight excluding hydrogens is 294 g/mol. The molecule has 2 aromatic rings. The van der Waals surface area contributed by atoms with Gasteiger partial charge in [-0.3, -0.25) is 4.79 Å². The Bertz CT molecular complexity index is 719. The summed E-state index contributed by atoms with van der Waals surface area (Å²) >= 11 is 1.05. The molecule has 22 heavy (non-hydrogen) atoms. The van der Waals surface area contributed by atoms with Crippen LogP contribution in [0.5, 0.6) is 0 Å². The maximum atomic E-state index is 11.8. The molecule has 0 saturated heterocycles. The number of hydrogen-bond acceptors (Lipinski definition) is 4. The van der Waals surface area contributed by atoms with Gasteiger partial charge < -0.3 is 0 Å². The molecule has 0 aliphatic carbocycles. The number of thioether (sulfide) groups is 1. The van der Waals surface area contributed by atoms with Gasteiger partial charge in [0.2, 0.25) is 0 Å². The Morgan fingerprint density at radius 2 is 1.64 bits per heavy atom. The van der Waals surface area contributed by atoms with Crippen molar-refractivity contribution in [2.24, 2.45) is 5.10 Å². The third kappa shape index (κ3) is 4.62. The van der Waals surface area contributed by atoms with E-state index in [1.54, 1.807) is 30.3 Å². The van der Waals surface area contributed by atoms with Crippen LogP contribution in [0.4, 0.5) is 0 Å². The summed E-state index contributed by atoms with van der Waals surface area (Å²) < 4.78 is 0. The molecule has 2 aromatic carbocycles. The van der Waals surface area contributed by atoms with Crippen LogP contribution < -0.4 is 5.43 Å². The number of nitrogens with zero attached hydrogens (tertiary/aromatic N) is 2. The Hall–Kier alpha value is -2.84. The summed E-state index contributed by atoms with van der Waals surface area (Å²) in [5.74, 6) is -0.278. The Kier molecular flexibility index (Phi) is 5.97. The van der Waals surface area contributed by atoms with Crippen molar-refractivity contribution >= 4 is 28.8 Å². The van der Waals surface area contributed by atoms with Crippen LogP contribution in [-0.4, -0.2) is 12.1 Å². The van der Waals surface area contributed by atoms with Gasteiger partial charge in [-0.25, -0.2) is 5.43 Å². The normalized spacial score (nSPS) is 11.1. The van der Waals surface area contributed by atoms with Crippen molar-refractivity contribution in [2.45, 2.75) is 0 Å². The number of rotatable bonds is 5. The van der Waals surface area contributed by atoms with Crippen LogP contribution in [0.25, 0.3) is 4.91 Å². The van der Waals surface area contributed by atoms with Crippen LogP contribution >= 0.6 is 11.8 Å². The summed E-state index contributed by atoms with van der Waals surface area (Å²) in [6, 6.07) is 18.4. The highest BCUT2D eigenvalue weighted by Crippen LogP contribution is 2.25. The van der Waals surface area contributed by atoms with Crippen LogP contribution in [0.1, 0.15) is 15.9 Å². The van der Waals surface area contributed by atoms with Crippen molar-refractivity contribution in [1.29, 1.82) is 5.26 Å². The lowest BCUT2D eigenvalue weighted by molar-refractivity contribution is 0.0955. The van der Waals surface area contributed by atoms with E-state index in [1.165, 1.54) is 6.21 Å². The average molecular weight is 307 g/mol. The number of benzene rings is 2. The van der Waals surface area contributed by atoms with Gasteiger partial charge >= 0.3 is 0 Å². The van der Waals surface area contributed by atoms with E-state index in [1.807, 2.05) is 41.8 Å². The maximum absolute atomic E-state index is 11.8. The molecule has 0 heterocycles. The third-order valence-corrected chi connectivity index (χ3v) is 3.40. The predicted molar refractivity (Wildman–Crippen MR) is 90.0 cm³/mol. The molecule has 1 amide bonds. The van der Waals surface area contributed by atoms with Crippen molar-refractivity contribution in [3.05, 3.63) is 77.9 Å². The SMILES string of the molecule is N#CS/C(=C\C=N\NC(=O)c1ccccc1)c1ccccc1. The highest BCUT2D eigenvalue weighted by atomic mass is 32.2. The molecule has 0 radical (unpaired) electrons. The van der Waals surface area contributed by atoms with Crippen LogP contribution in [0.3, 0.4) is 0 Å². The Labute approximate surface area is 133 Å². The zero-order valence-electron chi connectivity index (χ0n) is 11.6. The molecule has 5 heteroatoms. The fourth-order valence-electron chi connectivity index (χ4n) is 1.70. The molecule has 108 valence electrons. The van der Waals surface area contributed by atoms with Crippen LogP contribution in [0.2, 0.25) is 0 Å². The number of amides is 1. The summed E-state index contributed by atoms with van der Waals surface area (Å²) in [5.41, 5.74) is 3.91. The standard InChI is InChI=1S/C17H13N3OS/c18-13-22-16(14-7-3-1-4-8-14)11-12-19-20-17(21)15-9-5-2-6-10-15/h1-12H,(H,20,21)/b16-11-,19-12+. The van der Waals surface area contributed by atoms with Gasteiger partial charge in [-0.2, -0.15) is 10.4 Å². The van der Waals surface area contributed by atoms with Gasteiger partial charge in [0, 0.05) is 16.7 Å². The Morgan fingerprint density at radius 3 is 2.23 bits per heavy atom. The number of allylic oxidation sites excluding steroid dienone is 1. The molecule has 0 aliphatic heterocycles. The Morgan fingerprint density at radius 1 is 1.05 bits per heavy atom. The van der Waals surface area contributed by atoms with Gasteiger partial charge in [0.25, 0.3) is 5.91 Å². The van der Waals surface area contributed by atoms with Gasteiger partial charge in [-0.15, -0.1) is 0 Å². The molecule has 0 saturated carbocycles. The van der Waals surface area contributed by atoms with E-state index in [9.17, 15) is 4.79 Å². The molecule has 4 nitrogen and oxygen atoms in total.